The molecule has 2 aromatic heterocycles. The van der Waals surface area contributed by atoms with Gasteiger partial charge < -0.3 is 9.47 Å². The predicted molar refractivity (Wildman–Crippen MR) is 159 cm³/mol. The van der Waals surface area contributed by atoms with E-state index in [1.807, 2.05) is 24.3 Å². The van der Waals surface area contributed by atoms with Crippen molar-refractivity contribution in [3.63, 3.8) is 0 Å². The van der Waals surface area contributed by atoms with Crippen molar-refractivity contribution in [2.45, 2.75) is 25.9 Å². The number of carbonyl (C=O) groups is 1. The molecule has 0 saturated carbocycles. The van der Waals surface area contributed by atoms with Crippen LogP contribution in [0, 0.1) is 0 Å². The Kier molecular flexibility index (Phi) is 9.26. The van der Waals surface area contributed by atoms with Crippen molar-refractivity contribution < 1.29 is 40.6 Å². The lowest BCUT2D eigenvalue weighted by Crippen LogP contribution is -2.19. The molecule has 12 heteroatoms. The molecule has 0 saturated heterocycles. The van der Waals surface area contributed by atoms with Crippen LogP contribution in [-0.2, 0) is 23.7 Å². The fourth-order valence-electron chi connectivity index (χ4n) is 4.51. The second kappa shape index (κ2) is 13.3. The number of halogens is 6. The highest BCUT2D eigenvalue weighted by Gasteiger charge is 2.41. The SMILES string of the molecule is CCOC(=O)c1cnn(-c2cccc(-c3ccccc3OCc3ccc(/C=C/c4ccc(C(F)(F)F)cc4)cc3)n2)c1C(F)(F)F. The molecule has 5 rings (SSSR count). The molecule has 0 fully saturated rings. The molecule has 6 nitrogen and oxygen atoms in total. The van der Waals surface area contributed by atoms with Crippen molar-refractivity contribution in [1.82, 2.24) is 14.8 Å². The minimum absolute atomic E-state index is 0.0983. The molecule has 236 valence electrons. The number of carbonyl (C=O) groups excluding carboxylic acids is 1. The number of alkyl halides is 6. The normalized spacial score (nSPS) is 12.0. The first-order chi connectivity index (χ1) is 21.9. The van der Waals surface area contributed by atoms with E-state index in [9.17, 15) is 31.1 Å². The van der Waals surface area contributed by atoms with Crippen LogP contribution in [0.1, 0.15) is 45.2 Å². The number of ether oxygens (including phenoxy) is 2. The van der Waals surface area contributed by atoms with Gasteiger partial charge in [-0.05, 0) is 60.0 Å². The third-order valence-electron chi connectivity index (χ3n) is 6.73. The van der Waals surface area contributed by atoms with Gasteiger partial charge in [0.1, 0.15) is 17.9 Å². The summed E-state index contributed by atoms with van der Waals surface area (Å²) in [6.45, 7) is 1.56. The maximum absolute atomic E-state index is 14.0. The topological polar surface area (TPSA) is 66.2 Å². The predicted octanol–water partition coefficient (Wildman–Crippen LogP) is 8.90. The Morgan fingerprint density at radius 2 is 1.46 bits per heavy atom. The van der Waals surface area contributed by atoms with Crippen LogP contribution in [-0.4, -0.2) is 27.3 Å². The monoisotopic (exact) mass is 637 g/mol. The van der Waals surface area contributed by atoms with Gasteiger partial charge in [-0.1, -0.05) is 66.7 Å². The molecule has 0 N–H and O–H groups in total. The zero-order chi connectivity index (χ0) is 32.9. The molecular formula is C34H25F6N3O3. The number of para-hydroxylation sites is 1. The van der Waals surface area contributed by atoms with Gasteiger partial charge >= 0.3 is 18.3 Å². The number of hydrogen-bond acceptors (Lipinski definition) is 5. The van der Waals surface area contributed by atoms with Crippen LogP contribution >= 0.6 is 0 Å². The van der Waals surface area contributed by atoms with E-state index in [0.29, 0.717) is 27.3 Å². The third kappa shape index (κ3) is 7.45. The number of nitrogens with zero attached hydrogens (tertiary/aromatic N) is 3. The molecular weight excluding hydrogens is 612 g/mol. The second-order valence-corrected chi connectivity index (χ2v) is 9.90. The van der Waals surface area contributed by atoms with E-state index in [4.69, 9.17) is 9.47 Å². The number of aromatic nitrogens is 3. The molecule has 0 aliphatic heterocycles. The minimum Gasteiger partial charge on any atom is -0.488 e. The number of pyridine rings is 1. The summed E-state index contributed by atoms with van der Waals surface area (Å²) in [6, 6.07) is 23.6. The van der Waals surface area contributed by atoms with Crippen molar-refractivity contribution >= 4 is 18.1 Å². The van der Waals surface area contributed by atoms with Gasteiger partial charge in [-0.2, -0.15) is 31.4 Å². The van der Waals surface area contributed by atoms with Crippen molar-refractivity contribution in [2.24, 2.45) is 0 Å². The van der Waals surface area contributed by atoms with Crippen molar-refractivity contribution in [2.75, 3.05) is 6.61 Å². The third-order valence-corrected chi connectivity index (χ3v) is 6.73. The Hall–Kier alpha value is -5.39. The van der Waals surface area contributed by atoms with Gasteiger partial charge in [0.15, 0.2) is 11.5 Å². The molecule has 0 bridgehead atoms. The van der Waals surface area contributed by atoms with Crippen LogP contribution in [0.15, 0.2) is 97.2 Å². The van der Waals surface area contributed by atoms with E-state index in [2.05, 4.69) is 10.1 Å². The van der Waals surface area contributed by atoms with Crippen LogP contribution in [0.25, 0.3) is 29.2 Å². The van der Waals surface area contributed by atoms with Gasteiger partial charge in [0.05, 0.1) is 24.1 Å². The van der Waals surface area contributed by atoms with Gasteiger partial charge in [-0.25, -0.2) is 14.5 Å². The van der Waals surface area contributed by atoms with E-state index in [1.165, 1.54) is 31.2 Å². The fraction of sp³-hybridized carbons (Fsp3) is 0.147. The van der Waals surface area contributed by atoms with E-state index >= 15 is 0 Å². The Balaban J connectivity index is 1.32. The molecule has 0 unspecified atom stereocenters. The van der Waals surface area contributed by atoms with Crippen LogP contribution in [0.3, 0.4) is 0 Å². The first-order valence-corrected chi connectivity index (χ1v) is 13.9. The Morgan fingerprint density at radius 1 is 0.804 bits per heavy atom. The lowest BCUT2D eigenvalue weighted by Gasteiger charge is -2.14. The highest BCUT2D eigenvalue weighted by atomic mass is 19.4. The lowest BCUT2D eigenvalue weighted by atomic mass is 10.1. The molecule has 3 aromatic carbocycles. The standard InChI is InChI=1S/C34H25F6N3O3/c1-2-45-32(44)27-20-41-43(31(27)34(38,39)40)30-9-5-7-28(42-30)26-6-3-4-8-29(26)46-21-24-14-12-22(13-15-24)10-11-23-16-18-25(19-17-23)33(35,36)37/h3-20H,2,21H2,1H3/b11-10+. The summed E-state index contributed by atoms with van der Waals surface area (Å²) < 4.78 is 91.8. The molecule has 0 atom stereocenters. The lowest BCUT2D eigenvalue weighted by molar-refractivity contribution is -0.143. The number of rotatable bonds is 9. The van der Waals surface area contributed by atoms with Crippen molar-refractivity contribution in [1.29, 1.82) is 0 Å². The Morgan fingerprint density at radius 3 is 2.09 bits per heavy atom. The zero-order valence-corrected chi connectivity index (χ0v) is 24.1. The molecule has 5 aromatic rings. The summed E-state index contributed by atoms with van der Waals surface area (Å²) in [7, 11) is 0. The summed E-state index contributed by atoms with van der Waals surface area (Å²) in [6.07, 6.45) is -5.01. The van der Waals surface area contributed by atoms with E-state index in [-0.39, 0.29) is 19.0 Å². The number of hydrogen-bond donors (Lipinski definition) is 0. The fourth-order valence-corrected chi connectivity index (χ4v) is 4.51. The van der Waals surface area contributed by atoms with E-state index in [1.54, 1.807) is 42.5 Å². The summed E-state index contributed by atoms with van der Waals surface area (Å²) in [5.41, 5.74) is 0.386. The highest BCUT2D eigenvalue weighted by Crippen LogP contribution is 2.35. The number of esters is 1. The van der Waals surface area contributed by atoms with Crippen molar-refractivity contribution in [3.8, 4) is 22.8 Å². The Labute approximate surface area is 259 Å². The maximum atomic E-state index is 14.0. The quantitative estimate of drug-likeness (QED) is 0.0918. The first kappa shape index (κ1) is 32.0. The van der Waals surface area contributed by atoms with Crippen LogP contribution in [0.4, 0.5) is 26.3 Å². The van der Waals surface area contributed by atoms with Crippen LogP contribution in [0.2, 0.25) is 0 Å². The largest absolute Gasteiger partial charge is 0.488 e. The summed E-state index contributed by atoms with van der Waals surface area (Å²) in [4.78, 5) is 16.6. The Bertz CT molecular complexity index is 1840. The van der Waals surface area contributed by atoms with Crippen LogP contribution < -0.4 is 4.74 Å². The van der Waals surface area contributed by atoms with Gasteiger partial charge in [0.2, 0.25) is 0 Å². The molecule has 0 radical (unpaired) electrons. The molecule has 0 spiro atoms. The molecule has 0 aliphatic rings. The molecule has 0 aliphatic carbocycles. The smallest absolute Gasteiger partial charge is 0.434 e. The van der Waals surface area contributed by atoms with Crippen molar-refractivity contribution in [3.05, 3.63) is 131 Å². The van der Waals surface area contributed by atoms with Gasteiger partial charge in [0.25, 0.3) is 0 Å². The molecule has 0 amide bonds. The summed E-state index contributed by atoms with van der Waals surface area (Å²) >= 11 is 0. The average molecular weight is 638 g/mol. The van der Waals surface area contributed by atoms with Crippen LogP contribution in [0.5, 0.6) is 5.75 Å². The van der Waals surface area contributed by atoms with E-state index < -0.39 is 35.1 Å². The van der Waals surface area contributed by atoms with Gasteiger partial charge in [0, 0.05) is 5.56 Å². The zero-order valence-electron chi connectivity index (χ0n) is 24.1. The average Bonchev–Trinajstić information content (AvgIpc) is 3.50. The molecule has 46 heavy (non-hydrogen) atoms. The second-order valence-electron chi connectivity index (χ2n) is 9.90. The van der Waals surface area contributed by atoms with E-state index in [0.717, 1.165) is 29.5 Å². The minimum atomic E-state index is -4.91. The summed E-state index contributed by atoms with van der Waals surface area (Å²) in [5.74, 6) is -0.864. The number of benzene rings is 3. The van der Waals surface area contributed by atoms with Gasteiger partial charge in [-0.3, -0.25) is 0 Å². The molecule has 2 heterocycles. The van der Waals surface area contributed by atoms with Gasteiger partial charge in [-0.15, -0.1) is 0 Å². The first-order valence-electron chi connectivity index (χ1n) is 13.9. The highest BCUT2D eigenvalue weighted by molar-refractivity contribution is 5.90. The summed E-state index contributed by atoms with van der Waals surface area (Å²) in [5, 5.41) is 3.80. The maximum Gasteiger partial charge on any atom is 0.434 e.